The summed E-state index contributed by atoms with van der Waals surface area (Å²) in [6.07, 6.45) is -7.77. The number of ketones is 1. The van der Waals surface area contributed by atoms with Crippen molar-refractivity contribution in [1.29, 1.82) is 0 Å². The number of carbonyl (C=O) groups excluding carboxylic acids is 2. The van der Waals surface area contributed by atoms with Gasteiger partial charge in [-0.1, -0.05) is 52.3 Å². The van der Waals surface area contributed by atoms with Gasteiger partial charge in [-0.05, 0) is 79.5 Å². The average molecular weight is 916 g/mol. The Labute approximate surface area is 380 Å². The summed E-state index contributed by atoms with van der Waals surface area (Å²) in [7, 11) is 6.55. The van der Waals surface area contributed by atoms with Crippen LogP contribution in [0.3, 0.4) is 0 Å². The van der Waals surface area contributed by atoms with Crippen LogP contribution in [0, 0.1) is 29.6 Å². The van der Waals surface area contributed by atoms with Crippen LogP contribution in [0.25, 0.3) is 0 Å². The highest BCUT2D eigenvalue weighted by Crippen LogP contribution is 2.38. The number of aliphatic hydroxyl groups is 5. The number of ether oxygens (including phenoxy) is 9. The maximum atomic E-state index is 13.8. The molecule has 0 amide bonds. The Morgan fingerprint density at radius 3 is 2.06 bits per heavy atom. The summed E-state index contributed by atoms with van der Waals surface area (Å²) in [6, 6.07) is -0.686. The van der Waals surface area contributed by atoms with Crippen molar-refractivity contribution < 1.29 is 77.8 Å². The van der Waals surface area contributed by atoms with E-state index < -0.39 is 127 Å². The molecule has 0 saturated carbocycles. The predicted molar refractivity (Wildman–Crippen MR) is 234 cm³/mol. The molecule has 4 aliphatic rings. The van der Waals surface area contributed by atoms with Crippen molar-refractivity contribution in [2.24, 2.45) is 29.6 Å². The van der Waals surface area contributed by atoms with Gasteiger partial charge in [0, 0.05) is 38.4 Å². The van der Waals surface area contributed by atoms with Gasteiger partial charge in [-0.25, -0.2) is 0 Å². The van der Waals surface area contributed by atoms with Crippen LogP contribution in [0.1, 0.15) is 94.9 Å². The largest absolute Gasteiger partial charge is 0.462 e. The van der Waals surface area contributed by atoms with Gasteiger partial charge in [0.1, 0.15) is 42.7 Å². The average Bonchev–Trinajstić information content (AvgIpc) is 3.22. The van der Waals surface area contributed by atoms with E-state index in [1.165, 1.54) is 21.1 Å². The van der Waals surface area contributed by atoms with Gasteiger partial charge in [-0.2, -0.15) is 0 Å². The van der Waals surface area contributed by atoms with E-state index in [9.17, 15) is 35.1 Å². The lowest BCUT2D eigenvalue weighted by molar-refractivity contribution is -0.342. The fraction of sp³-hybridized carbons (Fsp3) is 0.872. The predicted octanol–water partition coefficient (Wildman–Crippen LogP) is 2.90. The number of aliphatic hydroxyl groups excluding tert-OH is 4. The molecule has 0 aromatic carbocycles. The Hall–Kier alpha value is -1.94. The minimum atomic E-state index is -1.46. The topological polar surface area (TPSA) is 222 Å². The molecule has 0 aliphatic carbocycles. The molecular formula is C47H81NO16. The van der Waals surface area contributed by atoms with Crippen LogP contribution in [0.2, 0.25) is 0 Å². The molecule has 5 N–H and O–H groups in total. The van der Waals surface area contributed by atoms with E-state index in [-0.39, 0.29) is 37.1 Å². The monoisotopic (exact) mass is 916 g/mol. The molecule has 3 saturated heterocycles. The maximum absolute atomic E-state index is 13.8. The van der Waals surface area contributed by atoms with E-state index >= 15 is 0 Å². The fourth-order valence-corrected chi connectivity index (χ4v) is 9.71. The maximum Gasteiger partial charge on any atom is 0.308 e. The lowest BCUT2D eigenvalue weighted by Crippen LogP contribution is -2.65. The SMILES string of the molecule is CC[C@H]1OC(=O)C[C@@H](O)[C@H](C)[C@@H](OC2OC(C)C(OC3CC(C)(O)C(O)C(C)O3)C(N(C)C)C2O)[C@@H](C(C)C)C[C@@H](C)C(=O)/C=C/C(C)=C/[C@@H]1COC1OC(C)C(O)C(OC)C1OC. The van der Waals surface area contributed by atoms with E-state index in [0.29, 0.717) is 12.8 Å². The molecule has 0 bridgehead atoms. The molecule has 17 heteroatoms. The summed E-state index contributed by atoms with van der Waals surface area (Å²) >= 11 is 0. The number of esters is 1. The zero-order chi connectivity index (χ0) is 48.0. The standard InChI is InChI=1S/C47H81NO16/c1-15-34-30(22-58-46-43(57-14)42(56-13)38(52)27(7)60-46)18-24(4)16-17-32(49)25(5)19-31(23(2)3)40(26(6)33(50)20-35(51)62-34)64-45-39(53)37(48(11)12)41(28(8)61-45)63-36-21-47(10,55)44(54)29(9)59-36/h16-18,23,25-31,33-34,36-46,50,52-55H,15,19-22H2,1-14H3/b17-16+,24-18+/t25-,26+,27?,28?,29?,30-,31-,33-,34-,36?,37?,38?,39?,40-,41?,42?,43?,44?,45?,46?,47?/m1/s1. The van der Waals surface area contributed by atoms with Gasteiger partial charge in [-0.15, -0.1) is 0 Å². The Bertz CT molecular complexity index is 1540. The second-order valence-corrected chi connectivity index (χ2v) is 19.5. The van der Waals surface area contributed by atoms with Crippen LogP contribution in [-0.2, 0) is 52.2 Å². The summed E-state index contributed by atoms with van der Waals surface area (Å²) in [5.41, 5.74) is -0.728. The first-order valence-electron chi connectivity index (χ1n) is 23.1. The highest BCUT2D eigenvalue weighted by atomic mass is 16.7. The normalized spacial score (nSPS) is 46.1. The van der Waals surface area contributed by atoms with E-state index in [2.05, 4.69) is 0 Å². The van der Waals surface area contributed by atoms with Crippen LogP contribution in [0.15, 0.2) is 23.8 Å². The smallest absolute Gasteiger partial charge is 0.308 e. The van der Waals surface area contributed by atoms with Gasteiger partial charge >= 0.3 is 5.97 Å². The van der Waals surface area contributed by atoms with Crippen molar-refractivity contribution in [2.45, 2.75) is 199 Å². The number of cyclic esters (lactones) is 1. The molecular weight excluding hydrogens is 835 g/mol. The van der Waals surface area contributed by atoms with Gasteiger partial charge < -0.3 is 73.1 Å². The van der Waals surface area contributed by atoms with Crippen LogP contribution >= 0.6 is 0 Å². The number of hydrogen-bond acceptors (Lipinski definition) is 17. The first-order valence-corrected chi connectivity index (χ1v) is 23.1. The van der Waals surface area contributed by atoms with E-state index in [1.54, 1.807) is 53.9 Å². The van der Waals surface area contributed by atoms with Gasteiger partial charge in [0.05, 0.1) is 55.2 Å². The molecule has 14 unspecified atom stereocenters. The zero-order valence-corrected chi connectivity index (χ0v) is 40.6. The molecule has 0 aromatic heterocycles. The van der Waals surface area contributed by atoms with Crippen molar-refractivity contribution in [3.05, 3.63) is 23.8 Å². The number of carbonyl (C=O) groups is 2. The van der Waals surface area contributed by atoms with Crippen LogP contribution in [0.4, 0.5) is 0 Å². The van der Waals surface area contributed by atoms with Gasteiger partial charge in [0.2, 0.25) is 0 Å². The summed E-state index contributed by atoms with van der Waals surface area (Å²) in [6.45, 7) is 18.1. The van der Waals surface area contributed by atoms with E-state index in [4.69, 9.17) is 42.6 Å². The van der Waals surface area contributed by atoms with Gasteiger partial charge in [0.25, 0.3) is 0 Å². The molecule has 4 rings (SSSR count). The van der Waals surface area contributed by atoms with Crippen molar-refractivity contribution in [3.63, 3.8) is 0 Å². The fourth-order valence-electron chi connectivity index (χ4n) is 9.71. The Morgan fingerprint density at radius 1 is 0.844 bits per heavy atom. The van der Waals surface area contributed by atoms with E-state index in [0.717, 1.165) is 5.57 Å². The number of methoxy groups -OCH3 is 2. The second-order valence-electron chi connectivity index (χ2n) is 19.5. The van der Waals surface area contributed by atoms with Crippen molar-refractivity contribution in [3.8, 4) is 0 Å². The third-order valence-electron chi connectivity index (χ3n) is 13.8. The zero-order valence-electron chi connectivity index (χ0n) is 40.6. The Kier molecular flexibility index (Phi) is 20.4. The molecule has 4 heterocycles. The summed E-state index contributed by atoms with van der Waals surface area (Å²) in [5, 5.41) is 56.0. The minimum absolute atomic E-state index is 0.00608. The number of nitrogens with zero attached hydrogens (tertiary/aromatic N) is 1. The lowest BCUT2D eigenvalue weighted by atomic mass is 9.76. The molecule has 64 heavy (non-hydrogen) atoms. The third kappa shape index (κ3) is 13.4. The molecule has 370 valence electrons. The number of allylic oxidation sites excluding steroid dienone is 3. The molecule has 3 fully saturated rings. The molecule has 21 atom stereocenters. The highest BCUT2D eigenvalue weighted by molar-refractivity contribution is 5.91. The summed E-state index contributed by atoms with van der Waals surface area (Å²) in [4.78, 5) is 29.5. The van der Waals surface area contributed by atoms with Crippen LogP contribution in [0.5, 0.6) is 0 Å². The Morgan fingerprint density at radius 2 is 1.48 bits per heavy atom. The van der Waals surface area contributed by atoms with Crippen LogP contribution in [-0.4, -0.2) is 181 Å². The van der Waals surface area contributed by atoms with Gasteiger partial charge in [0.15, 0.2) is 24.7 Å². The second kappa shape index (κ2) is 23.9. The number of hydrogen-bond donors (Lipinski definition) is 5. The summed E-state index contributed by atoms with van der Waals surface area (Å²) in [5.74, 6) is -2.85. The lowest BCUT2D eigenvalue weighted by Gasteiger charge is -2.50. The first kappa shape index (κ1) is 54.7. The molecule has 4 aliphatic heterocycles. The number of likely N-dealkylation sites (N-methyl/N-ethyl adjacent to an activating group) is 1. The molecule has 17 nitrogen and oxygen atoms in total. The van der Waals surface area contributed by atoms with Crippen molar-refractivity contribution >= 4 is 11.8 Å². The van der Waals surface area contributed by atoms with Gasteiger partial charge in [-0.3, -0.25) is 9.59 Å². The van der Waals surface area contributed by atoms with Crippen molar-refractivity contribution in [2.75, 3.05) is 34.9 Å². The molecule has 0 spiro atoms. The highest BCUT2D eigenvalue weighted by Gasteiger charge is 2.52. The van der Waals surface area contributed by atoms with Crippen LogP contribution < -0.4 is 0 Å². The third-order valence-corrected chi connectivity index (χ3v) is 13.8. The molecule has 0 aromatic rings. The van der Waals surface area contributed by atoms with Crippen molar-refractivity contribution in [1.82, 2.24) is 4.90 Å². The quantitative estimate of drug-likeness (QED) is 0.178. The summed E-state index contributed by atoms with van der Waals surface area (Å²) < 4.78 is 55.1. The molecule has 0 radical (unpaired) electrons. The number of rotatable bonds is 12. The minimum Gasteiger partial charge on any atom is -0.462 e. The Balaban J connectivity index is 1.62. The van der Waals surface area contributed by atoms with E-state index in [1.807, 2.05) is 45.6 Å². The first-order chi connectivity index (χ1) is 29.9.